The molecule has 0 radical (unpaired) electrons. The van der Waals surface area contributed by atoms with E-state index in [-0.39, 0.29) is 11.9 Å². The molecule has 1 aromatic rings. The summed E-state index contributed by atoms with van der Waals surface area (Å²) >= 11 is 0. The van der Waals surface area contributed by atoms with E-state index in [1.54, 1.807) is 18.2 Å². The lowest BCUT2D eigenvalue weighted by Crippen LogP contribution is -2.37. The number of benzene rings is 1. The summed E-state index contributed by atoms with van der Waals surface area (Å²) in [6.45, 7) is 2.40. The van der Waals surface area contributed by atoms with Crippen molar-refractivity contribution in [1.82, 2.24) is 5.32 Å². The fourth-order valence-electron chi connectivity index (χ4n) is 1.53. The van der Waals surface area contributed by atoms with Gasteiger partial charge < -0.3 is 20.5 Å². The summed E-state index contributed by atoms with van der Waals surface area (Å²) in [6, 6.07) is 5.16. The standard InChI is InChI=1S/C13H20N2O3/c1-4-9(14)8-15-13(16)12-10(17-2)6-5-7-11(12)18-3/h5-7,9H,4,8,14H2,1-3H3,(H,15,16). The first kappa shape index (κ1) is 14.3. The van der Waals surface area contributed by atoms with Crippen molar-refractivity contribution in [1.29, 1.82) is 0 Å². The van der Waals surface area contributed by atoms with Crippen LogP contribution in [-0.2, 0) is 0 Å². The van der Waals surface area contributed by atoms with Crippen LogP contribution in [0.25, 0.3) is 0 Å². The molecule has 1 amide bonds. The largest absolute Gasteiger partial charge is 0.496 e. The lowest BCUT2D eigenvalue weighted by molar-refractivity contribution is 0.0944. The van der Waals surface area contributed by atoms with E-state index in [4.69, 9.17) is 15.2 Å². The molecule has 0 saturated carbocycles. The van der Waals surface area contributed by atoms with Gasteiger partial charge in [-0.3, -0.25) is 4.79 Å². The van der Waals surface area contributed by atoms with E-state index in [1.165, 1.54) is 14.2 Å². The van der Waals surface area contributed by atoms with Crippen LogP contribution in [-0.4, -0.2) is 32.7 Å². The molecule has 1 aromatic carbocycles. The zero-order chi connectivity index (χ0) is 13.5. The Morgan fingerprint density at radius 1 is 1.33 bits per heavy atom. The molecule has 5 heteroatoms. The van der Waals surface area contributed by atoms with Crippen LogP contribution >= 0.6 is 0 Å². The third-order valence-electron chi connectivity index (χ3n) is 2.70. The zero-order valence-electron chi connectivity index (χ0n) is 11.0. The minimum Gasteiger partial charge on any atom is -0.496 e. The van der Waals surface area contributed by atoms with Gasteiger partial charge in [0.25, 0.3) is 5.91 Å². The Kier molecular flexibility index (Phi) is 5.45. The van der Waals surface area contributed by atoms with Gasteiger partial charge in [0.05, 0.1) is 14.2 Å². The van der Waals surface area contributed by atoms with Crippen LogP contribution in [0.4, 0.5) is 0 Å². The third-order valence-corrected chi connectivity index (χ3v) is 2.70. The lowest BCUT2D eigenvalue weighted by Gasteiger charge is -2.14. The molecule has 0 bridgehead atoms. The summed E-state index contributed by atoms with van der Waals surface area (Å²) in [4.78, 5) is 12.1. The minimum absolute atomic E-state index is 0.0466. The molecule has 0 aliphatic carbocycles. The molecular formula is C13H20N2O3. The second-order valence-corrected chi connectivity index (χ2v) is 3.92. The molecule has 3 N–H and O–H groups in total. The maximum atomic E-state index is 12.1. The average molecular weight is 252 g/mol. The van der Waals surface area contributed by atoms with Crippen molar-refractivity contribution >= 4 is 5.91 Å². The molecule has 0 aromatic heterocycles. The molecule has 0 aliphatic heterocycles. The molecule has 5 nitrogen and oxygen atoms in total. The van der Waals surface area contributed by atoms with Crippen molar-refractivity contribution in [3.8, 4) is 11.5 Å². The van der Waals surface area contributed by atoms with Crippen molar-refractivity contribution in [3.63, 3.8) is 0 Å². The normalized spacial score (nSPS) is 11.8. The second kappa shape index (κ2) is 6.86. The SMILES string of the molecule is CCC(N)CNC(=O)c1c(OC)cccc1OC. The molecule has 1 rings (SSSR count). The Morgan fingerprint density at radius 3 is 2.33 bits per heavy atom. The first-order valence-corrected chi connectivity index (χ1v) is 5.88. The maximum Gasteiger partial charge on any atom is 0.258 e. The van der Waals surface area contributed by atoms with Crippen molar-refractivity contribution in [3.05, 3.63) is 23.8 Å². The first-order valence-electron chi connectivity index (χ1n) is 5.88. The number of rotatable bonds is 6. The van der Waals surface area contributed by atoms with Gasteiger partial charge in [-0.05, 0) is 18.6 Å². The van der Waals surface area contributed by atoms with E-state index in [2.05, 4.69) is 5.32 Å². The van der Waals surface area contributed by atoms with Crippen LogP contribution in [0.1, 0.15) is 23.7 Å². The van der Waals surface area contributed by atoms with Crippen molar-refractivity contribution in [2.24, 2.45) is 5.73 Å². The number of hydrogen-bond donors (Lipinski definition) is 2. The highest BCUT2D eigenvalue weighted by molar-refractivity contribution is 5.99. The van der Waals surface area contributed by atoms with Gasteiger partial charge in [0.1, 0.15) is 17.1 Å². The zero-order valence-corrected chi connectivity index (χ0v) is 11.0. The predicted molar refractivity (Wildman–Crippen MR) is 70.1 cm³/mol. The van der Waals surface area contributed by atoms with E-state index in [1.807, 2.05) is 6.92 Å². The molecule has 0 fully saturated rings. The highest BCUT2D eigenvalue weighted by Gasteiger charge is 2.18. The van der Waals surface area contributed by atoms with Crippen LogP contribution in [0.2, 0.25) is 0 Å². The molecule has 100 valence electrons. The number of amides is 1. The van der Waals surface area contributed by atoms with Crippen molar-refractivity contribution in [2.45, 2.75) is 19.4 Å². The van der Waals surface area contributed by atoms with Gasteiger partial charge in [-0.2, -0.15) is 0 Å². The molecule has 0 aliphatic rings. The number of ether oxygens (including phenoxy) is 2. The van der Waals surface area contributed by atoms with Crippen LogP contribution in [0.5, 0.6) is 11.5 Å². The molecule has 1 unspecified atom stereocenters. The predicted octanol–water partition coefficient (Wildman–Crippen LogP) is 1.17. The summed E-state index contributed by atoms with van der Waals surface area (Å²) in [6.07, 6.45) is 0.809. The monoisotopic (exact) mass is 252 g/mol. The maximum absolute atomic E-state index is 12.1. The molecule has 18 heavy (non-hydrogen) atoms. The molecule has 0 heterocycles. The Labute approximate surface area is 107 Å². The van der Waals surface area contributed by atoms with Gasteiger partial charge in [0, 0.05) is 12.6 Å². The molecule has 0 saturated heterocycles. The van der Waals surface area contributed by atoms with E-state index >= 15 is 0 Å². The van der Waals surface area contributed by atoms with Crippen LogP contribution in [0, 0.1) is 0 Å². The highest BCUT2D eigenvalue weighted by Crippen LogP contribution is 2.27. The number of hydrogen-bond acceptors (Lipinski definition) is 4. The van der Waals surface area contributed by atoms with Gasteiger partial charge in [0.15, 0.2) is 0 Å². The summed E-state index contributed by atoms with van der Waals surface area (Å²) in [5.41, 5.74) is 6.16. The Morgan fingerprint density at radius 2 is 1.89 bits per heavy atom. The first-order chi connectivity index (χ1) is 8.63. The van der Waals surface area contributed by atoms with Gasteiger partial charge in [0.2, 0.25) is 0 Å². The van der Waals surface area contributed by atoms with E-state index in [9.17, 15) is 4.79 Å². The summed E-state index contributed by atoms with van der Waals surface area (Å²) in [7, 11) is 3.03. The number of nitrogens with one attached hydrogen (secondary N) is 1. The minimum atomic E-state index is -0.242. The Balaban J connectivity index is 2.89. The quantitative estimate of drug-likeness (QED) is 0.797. The smallest absolute Gasteiger partial charge is 0.258 e. The summed E-state index contributed by atoms with van der Waals surface area (Å²) in [5, 5.41) is 2.78. The van der Waals surface area contributed by atoms with Gasteiger partial charge >= 0.3 is 0 Å². The number of nitrogens with two attached hydrogens (primary N) is 1. The van der Waals surface area contributed by atoms with E-state index < -0.39 is 0 Å². The highest BCUT2D eigenvalue weighted by atomic mass is 16.5. The van der Waals surface area contributed by atoms with Crippen molar-refractivity contribution < 1.29 is 14.3 Å². The second-order valence-electron chi connectivity index (χ2n) is 3.92. The Hall–Kier alpha value is -1.75. The topological polar surface area (TPSA) is 73.6 Å². The number of carbonyl (C=O) groups excluding carboxylic acids is 1. The molecule has 0 spiro atoms. The fourth-order valence-corrected chi connectivity index (χ4v) is 1.53. The van der Waals surface area contributed by atoms with Gasteiger partial charge in [-0.25, -0.2) is 0 Å². The molecule has 1 atom stereocenters. The van der Waals surface area contributed by atoms with Crippen LogP contribution in [0.15, 0.2) is 18.2 Å². The summed E-state index contributed by atoms with van der Waals surface area (Å²) < 4.78 is 10.3. The summed E-state index contributed by atoms with van der Waals surface area (Å²) in [5.74, 6) is 0.724. The third kappa shape index (κ3) is 3.37. The molecular weight excluding hydrogens is 232 g/mol. The van der Waals surface area contributed by atoms with Gasteiger partial charge in [-0.15, -0.1) is 0 Å². The van der Waals surface area contributed by atoms with Crippen LogP contribution in [0.3, 0.4) is 0 Å². The van der Waals surface area contributed by atoms with E-state index in [0.29, 0.717) is 23.6 Å². The van der Waals surface area contributed by atoms with Crippen molar-refractivity contribution in [2.75, 3.05) is 20.8 Å². The number of methoxy groups -OCH3 is 2. The van der Waals surface area contributed by atoms with Gasteiger partial charge in [-0.1, -0.05) is 13.0 Å². The fraction of sp³-hybridized carbons (Fsp3) is 0.462. The average Bonchev–Trinajstić information content (AvgIpc) is 2.43. The Bertz CT molecular complexity index is 385. The van der Waals surface area contributed by atoms with Crippen LogP contribution < -0.4 is 20.5 Å². The van der Waals surface area contributed by atoms with E-state index in [0.717, 1.165) is 6.42 Å². The number of carbonyl (C=O) groups is 1. The lowest BCUT2D eigenvalue weighted by atomic mass is 10.1.